The van der Waals surface area contributed by atoms with Gasteiger partial charge in [0.1, 0.15) is 18.3 Å². The second kappa shape index (κ2) is 5.09. The fourth-order valence-electron chi connectivity index (χ4n) is 1.77. The molecule has 0 spiro atoms. The van der Waals surface area contributed by atoms with Crippen LogP contribution in [-0.2, 0) is 10.5 Å². The number of aliphatic hydroxyl groups is 4. The summed E-state index contributed by atoms with van der Waals surface area (Å²) in [6.07, 6.45) is -4.21. The number of rotatable bonds is 1. The summed E-state index contributed by atoms with van der Waals surface area (Å²) in [4.78, 5) is 0. The molecular weight excluding hydrogens is 228 g/mol. The van der Waals surface area contributed by atoms with E-state index in [-0.39, 0.29) is 12.1 Å². The summed E-state index contributed by atoms with van der Waals surface area (Å²) in [5, 5.41) is 38.7. The fraction of sp³-hybridized carbons (Fsp3) is 0.455. The summed E-state index contributed by atoms with van der Waals surface area (Å²) >= 11 is 0. The highest BCUT2D eigenvalue weighted by atomic mass is 16.6. The minimum Gasteiger partial charge on any atom is -0.412 e. The van der Waals surface area contributed by atoms with Crippen molar-refractivity contribution in [2.75, 3.05) is 6.61 Å². The van der Waals surface area contributed by atoms with Crippen LogP contribution >= 0.6 is 0 Å². The van der Waals surface area contributed by atoms with Crippen LogP contribution in [-0.4, -0.2) is 50.8 Å². The van der Waals surface area contributed by atoms with E-state index >= 15 is 0 Å². The molecule has 1 saturated heterocycles. The van der Waals surface area contributed by atoms with Gasteiger partial charge < -0.3 is 30.6 Å². The smallest absolute Gasteiger partial charge is 0.222 e. The van der Waals surface area contributed by atoms with Gasteiger partial charge in [-0.2, -0.15) is 0 Å². The second-order valence-corrected chi connectivity index (χ2v) is 3.88. The van der Waals surface area contributed by atoms with Crippen LogP contribution in [0.1, 0.15) is 5.56 Å². The Morgan fingerprint density at radius 3 is 2.29 bits per heavy atom. The predicted octanol–water partition coefficient (Wildman–Crippen LogP) is -1.88. The van der Waals surface area contributed by atoms with Gasteiger partial charge in [-0.3, -0.25) is 0 Å². The first kappa shape index (κ1) is 14.0. The molecule has 1 aromatic rings. The lowest BCUT2D eigenvalue weighted by molar-refractivity contribution is -0.329. The van der Waals surface area contributed by atoms with Gasteiger partial charge in [-0.05, 0) is 0 Å². The molecule has 1 aliphatic heterocycles. The van der Waals surface area contributed by atoms with Crippen molar-refractivity contribution < 1.29 is 30.6 Å². The first-order valence-corrected chi connectivity index (χ1v) is 5.02. The van der Waals surface area contributed by atoms with E-state index in [4.69, 9.17) is 4.74 Å². The Bertz CT molecular complexity index is 356. The summed E-state index contributed by atoms with van der Waals surface area (Å²) in [6, 6.07) is 8.27. The lowest BCUT2D eigenvalue weighted by Crippen LogP contribution is -2.58. The molecule has 0 saturated carbocycles. The van der Waals surface area contributed by atoms with Crippen molar-refractivity contribution in [1.29, 1.82) is 0 Å². The number of aliphatic hydroxyl groups excluding tert-OH is 3. The Morgan fingerprint density at radius 2 is 1.71 bits per heavy atom. The van der Waals surface area contributed by atoms with Crippen LogP contribution < -0.4 is 0 Å². The molecule has 6 nitrogen and oxygen atoms in total. The molecule has 0 aliphatic carbocycles. The third-order valence-electron chi connectivity index (χ3n) is 2.78. The van der Waals surface area contributed by atoms with Crippen molar-refractivity contribution in [3.63, 3.8) is 0 Å². The van der Waals surface area contributed by atoms with Gasteiger partial charge in [-0.15, -0.1) is 0 Å². The summed E-state index contributed by atoms with van der Waals surface area (Å²) in [5.74, 6) is -1.97. The molecule has 0 bridgehead atoms. The summed E-state index contributed by atoms with van der Waals surface area (Å²) in [6.45, 7) is -0.233. The number of hydrogen-bond acceptors (Lipinski definition) is 5. The maximum absolute atomic E-state index is 10.2. The standard InChI is InChI=1S/C11H14O5.H2O/c12-8-6-16-11(15,10(14)9(8)13)7-4-2-1-3-5-7;/h1-5,8-10,12-15H,6H2;1H2/t8-,9+,10-,11?;/m1./s1. The highest BCUT2D eigenvalue weighted by molar-refractivity contribution is 5.22. The normalized spacial score (nSPS) is 37.3. The third-order valence-corrected chi connectivity index (χ3v) is 2.78. The van der Waals surface area contributed by atoms with Crippen LogP contribution in [0.4, 0.5) is 0 Å². The monoisotopic (exact) mass is 244 g/mol. The molecule has 0 amide bonds. The van der Waals surface area contributed by atoms with Gasteiger partial charge in [0.05, 0.1) is 6.61 Å². The summed E-state index contributed by atoms with van der Waals surface area (Å²) in [5.41, 5.74) is 0.341. The molecule has 1 heterocycles. The molecule has 1 aliphatic rings. The van der Waals surface area contributed by atoms with E-state index in [1.165, 1.54) is 0 Å². The van der Waals surface area contributed by atoms with Gasteiger partial charge in [0.25, 0.3) is 0 Å². The minimum atomic E-state index is -1.97. The van der Waals surface area contributed by atoms with Crippen molar-refractivity contribution >= 4 is 0 Å². The van der Waals surface area contributed by atoms with Gasteiger partial charge >= 0.3 is 0 Å². The van der Waals surface area contributed by atoms with Crippen LogP contribution in [0.3, 0.4) is 0 Å². The van der Waals surface area contributed by atoms with Crippen molar-refractivity contribution in [1.82, 2.24) is 0 Å². The predicted molar refractivity (Wildman–Crippen MR) is 57.9 cm³/mol. The van der Waals surface area contributed by atoms with E-state index < -0.39 is 24.1 Å². The van der Waals surface area contributed by atoms with Gasteiger partial charge in [0.2, 0.25) is 5.79 Å². The lowest BCUT2D eigenvalue weighted by Gasteiger charge is -2.41. The van der Waals surface area contributed by atoms with E-state index in [9.17, 15) is 20.4 Å². The van der Waals surface area contributed by atoms with Crippen molar-refractivity contribution in [3.05, 3.63) is 35.9 Å². The Hall–Kier alpha value is -1.02. The molecule has 1 unspecified atom stereocenters. The van der Waals surface area contributed by atoms with Crippen molar-refractivity contribution in [2.45, 2.75) is 24.1 Å². The fourth-order valence-corrected chi connectivity index (χ4v) is 1.77. The zero-order valence-corrected chi connectivity index (χ0v) is 9.02. The molecule has 6 heteroatoms. The molecule has 1 aromatic carbocycles. The molecule has 2 rings (SSSR count). The van der Waals surface area contributed by atoms with E-state index in [0.29, 0.717) is 5.56 Å². The Labute approximate surface area is 98.0 Å². The summed E-state index contributed by atoms with van der Waals surface area (Å²) < 4.78 is 5.04. The number of benzene rings is 1. The molecule has 1 fully saturated rings. The minimum absolute atomic E-state index is 0. The van der Waals surface area contributed by atoms with E-state index in [1.807, 2.05) is 0 Å². The van der Waals surface area contributed by atoms with Crippen LogP contribution in [0.2, 0.25) is 0 Å². The zero-order chi connectivity index (χ0) is 11.8. The molecule has 4 atom stereocenters. The van der Waals surface area contributed by atoms with Crippen molar-refractivity contribution in [3.8, 4) is 0 Å². The third kappa shape index (κ3) is 2.32. The largest absolute Gasteiger partial charge is 0.412 e. The molecule has 0 aromatic heterocycles. The summed E-state index contributed by atoms with van der Waals surface area (Å²) in [7, 11) is 0. The first-order chi connectivity index (χ1) is 7.55. The van der Waals surface area contributed by atoms with Gasteiger partial charge in [0, 0.05) is 5.56 Å². The molecule has 96 valence electrons. The number of ether oxygens (including phenoxy) is 1. The van der Waals surface area contributed by atoms with Gasteiger partial charge in [0.15, 0.2) is 0 Å². The van der Waals surface area contributed by atoms with Crippen LogP contribution in [0, 0.1) is 0 Å². The highest BCUT2D eigenvalue weighted by Gasteiger charge is 2.49. The molecule has 17 heavy (non-hydrogen) atoms. The average molecular weight is 244 g/mol. The van der Waals surface area contributed by atoms with Crippen LogP contribution in [0.5, 0.6) is 0 Å². The Kier molecular flexibility index (Phi) is 4.21. The van der Waals surface area contributed by atoms with Gasteiger partial charge in [-0.25, -0.2) is 0 Å². The lowest BCUT2D eigenvalue weighted by atomic mass is 9.91. The number of hydrogen-bond donors (Lipinski definition) is 4. The average Bonchev–Trinajstić information content (AvgIpc) is 2.33. The topological polar surface area (TPSA) is 122 Å². The van der Waals surface area contributed by atoms with Crippen molar-refractivity contribution in [2.24, 2.45) is 0 Å². The highest BCUT2D eigenvalue weighted by Crippen LogP contribution is 2.32. The van der Waals surface area contributed by atoms with E-state index in [1.54, 1.807) is 30.3 Å². The molecule has 0 radical (unpaired) electrons. The Morgan fingerprint density at radius 1 is 1.12 bits per heavy atom. The Balaban J connectivity index is 0.00000144. The quantitative estimate of drug-likeness (QED) is 0.460. The maximum atomic E-state index is 10.2. The van der Waals surface area contributed by atoms with Gasteiger partial charge in [-0.1, -0.05) is 30.3 Å². The SMILES string of the molecule is O.O[C@H]1[C@H](O)COC(O)(c2ccccc2)[C@@H]1O. The van der Waals surface area contributed by atoms with Crippen LogP contribution in [0.25, 0.3) is 0 Å². The first-order valence-electron chi connectivity index (χ1n) is 5.02. The van der Waals surface area contributed by atoms with Crippen LogP contribution in [0.15, 0.2) is 30.3 Å². The second-order valence-electron chi connectivity index (χ2n) is 3.88. The van der Waals surface area contributed by atoms with E-state index in [0.717, 1.165) is 0 Å². The van der Waals surface area contributed by atoms with E-state index in [2.05, 4.69) is 0 Å². The maximum Gasteiger partial charge on any atom is 0.222 e. The zero-order valence-electron chi connectivity index (χ0n) is 9.02. The molecule has 6 N–H and O–H groups in total. The molecular formula is C11H16O6.